The average Bonchev–Trinajstić information content (AvgIpc) is 3.02. The Balaban J connectivity index is 0. The first-order valence-corrected chi connectivity index (χ1v) is 15.1. The van der Waals surface area contributed by atoms with Crippen molar-refractivity contribution in [3.05, 3.63) is 59.2 Å². The maximum atomic E-state index is 13.4. The zero-order valence-corrected chi connectivity index (χ0v) is 29.1. The highest BCUT2D eigenvalue weighted by atomic mass is 19.2. The quantitative estimate of drug-likeness (QED) is 0.0847. The van der Waals surface area contributed by atoms with E-state index in [0.29, 0.717) is 26.0 Å². The Morgan fingerprint density at radius 2 is 1.51 bits per heavy atom. The normalized spacial score (nSPS) is 11.2. The van der Waals surface area contributed by atoms with Gasteiger partial charge < -0.3 is 35.3 Å². The second kappa shape index (κ2) is 24.7. The summed E-state index contributed by atoms with van der Waals surface area (Å²) in [6.07, 6.45) is 1.79. The molecule has 0 aliphatic carbocycles. The zero-order chi connectivity index (χ0) is 38.2. The van der Waals surface area contributed by atoms with Gasteiger partial charge in [0.25, 0.3) is 6.47 Å². The van der Waals surface area contributed by atoms with Gasteiger partial charge in [0, 0.05) is 31.3 Å². The van der Waals surface area contributed by atoms with Crippen LogP contribution in [0.15, 0.2) is 30.3 Å². The molecule has 0 saturated carbocycles. The zero-order valence-electron chi connectivity index (χ0n) is 29.1. The van der Waals surface area contributed by atoms with E-state index in [9.17, 15) is 31.9 Å². The van der Waals surface area contributed by atoms with Gasteiger partial charge in [-0.15, -0.1) is 0 Å². The molecule has 0 bridgehead atoms. The number of amides is 2. The second-order valence-electron chi connectivity index (χ2n) is 12.4. The number of ether oxygens (including phenoxy) is 2. The number of halogens is 4. The highest BCUT2D eigenvalue weighted by Crippen LogP contribution is 2.29. The van der Waals surface area contributed by atoms with Crippen LogP contribution in [0, 0.1) is 28.7 Å². The number of Topliss-reactive ketones (excluding diaryl/α,β-unsaturated/α-hetero) is 1. The number of carbonyl (C=O) groups is 5. The minimum atomic E-state index is -1.73. The molecule has 0 spiro atoms. The van der Waals surface area contributed by atoms with E-state index in [1.54, 1.807) is 0 Å². The monoisotopic (exact) mass is 703 g/mol. The lowest BCUT2D eigenvalue weighted by atomic mass is 9.86. The fourth-order valence-electron chi connectivity index (χ4n) is 3.95. The molecule has 276 valence electrons. The maximum Gasteiger partial charge on any atom is 0.290 e. The Morgan fingerprint density at radius 1 is 0.959 bits per heavy atom. The summed E-state index contributed by atoms with van der Waals surface area (Å²) in [5.74, 6) is -8.68. The Labute approximate surface area is 285 Å². The summed E-state index contributed by atoms with van der Waals surface area (Å²) in [5, 5.41) is 15.2. The molecule has 0 heterocycles. The summed E-state index contributed by atoms with van der Waals surface area (Å²) in [6.45, 7) is 14.9. The summed E-state index contributed by atoms with van der Waals surface area (Å²) >= 11 is 0. The number of anilines is 1. The lowest BCUT2D eigenvalue weighted by molar-refractivity contribution is -0.126. The number of nitrogens with one attached hydrogen (secondary N) is 3. The molecular weight excluding hydrogens is 654 g/mol. The van der Waals surface area contributed by atoms with Crippen LogP contribution < -0.4 is 20.7 Å². The number of ketones is 1. The SMILES string of the molecule is C=O.CC(C)(C)CC(NC=O)C(=O)COc1c(F)c(F)cc(F)c1F.CNCCOCCCC(=O)Nc1ccccc1C(C)(C)C.O=CO. The van der Waals surface area contributed by atoms with Crippen molar-refractivity contribution in [3.63, 3.8) is 0 Å². The van der Waals surface area contributed by atoms with Gasteiger partial charge in [-0.25, -0.2) is 8.78 Å². The summed E-state index contributed by atoms with van der Waals surface area (Å²) in [7, 11) is 1.89. The van der Waals surface area contributed by atoms with Gasteiger partial charge >= 0.3 is 0 Å². The summed E-state index contributed by atoms with van der Waals surface area (Å²) in [6, 6.07) is 7.07. The molecule has 2 aromatic carbocycles. The van der Waals surface area contributed by atoms with Gasteiger partial charge in [0.1, 0.15) is 13.4 Å². The average molecular weight is 704 g/mol. The van der Waals surface area contributed by atoms with Gasteiger partial charge in [-0.1, -0.05) is 59.7 Å². The Bertz CT molecular complexity index is 1280. The van der Waals surface area contributed by atoms with Gasteiger partial charge in [-0.2, -0.15) is 8.78 Å². The van der Waals surface area contributed by atoms with E-state index in [0.717, 1.165) is 24.2 Å². The Hall–Kier alpha value is -4.37. The topological polar surface area (TPSA) is 160 Å². The summed E-state index contributed by atoms with van der Waals surface area (Å²) in [5.41, 5.74) is 1.76. The predicted octanol–water partition coefficient (Wildman–Crippen LogP) is 5.20. The van der Waals surface area contributed by atoms with Crippen LogP contribution in [0.5, 0.6) is 5.75 Å². The van der Waals surface area contributed by atoms with E-state index >= 15 is 0 Å². The van der Waals surface area contributed by atoms with E-state index in [-0.39, 0.29) is 35.7 Å². The molecule has 0 saturated heterocycles. The number of carboxylic acid groups (broad SMARTS) is 1. The Kier molecular flexibility index (Phi) is 23.6. The van der Waals surface area contributed by atoms with Gasteiger partial charge in [-0.05, 0) is 42.3 Å². The molecule has 0 radical (unpaired) electrons. The molecule has 1 unspecified atom stereocenters. The van der Waals surface area contributed by atoms with E-state index in [2.05, 4.69) is 47.5 Å². The number of rotatable bonds is 15. The van der Waals surface area contributed by atoms with Gasteiger partial charge in [0.05, 0.1) is 12.6 Å². The number of hydrogen-bond donors (Lipinski definition) is 4. The molecular formula is C34H49F4N3O8. The van der Waals surface area contributed by atoms with E-state index in [1.807, 2.05) is 52.8 Å². The molecule has 15 heteroatoms. The van der Waals surface area contributed by atoms with Crippen LogP contribution in [0.25, 0.3) is 0 Å². The minimum Gasteiger partial charge on any atom is -0.483 e. The molecule has 11 nitrogen and oxygen atoms in total. The van der Waals surface area contributed by atoms with Gasteiger partial charge in [-0.3, -0.25) is 19.2 Å². The maximum absolute atomic E-state index is 13.4. The first-order valence-electron chi connectivity index (χ1n) is 15.1. The molecule has 2 amide bonds. The molecule has 0 aromatic heterocycles. The summed E-state index contributed by atoms with van der Waals surface area (Å²) in [4.78, 5) is 50.9. The first-order chi connectivity index (χ1) is 22.9. The van der Waals surface area contributed by atoms with Crippen molar-refractivity contribution in [2.24, 2.45) is 5.41 Å². The van der Waals surface area contributed by atoms with Gasteiger partial charge in [0.2, 0.25) is 24.0 Å². The minimum absolute atomic E-state index is 0.0140. The first kappa shape index (κ1) is 46.7. The number of hydrogen-bond acceptors (Lipinski definition) is 8. The molecule has 49 heavy (non-hydrogen) atoms. The number of carbonyl (C=O) groups excluding carboxylic acids is 4. The van der Waals surface area contributed by atoms with Crippen molar-refractivity contribution in [2.75, 3.05) is 38.7 Å². The Morgan fingerprint density at radius 3 is 2.00 bits per heavy atom. The second-order valence-corrected chi connectivity index (χ2v) is 12.4. The fourth-order valence-corrected chi connectivity index (χ4v) is 3.95. The lowest BCUT2D eigenvalue weighted by Gasteiger charge is -2.24. The standard InChI is InChI=1S/C17H28N2O2.C15H17F4NO3.CH2O2.CH2O/c1-17(2,3)14-8-5-6-9-15(14)19-16(20)10-7-12-21-13-11-18-4;1-15(2,3)5-10(20-7-21)11(22)6-23-14-12(18)8(16)4-9(17)13(14)19;2-1-3;1-2/h5-6,8-9,18H,7,10-13H2,1-4H3,(H,19,20);4,7,10H,5-6H2,1-3H3,(H,20,21);1H,(H,2,3);1H2. The van der Waals surface area contributed by atoms with Crippen molar-refractivity contribution in [2.45, 2.75) is 72.3 Å². The van der Waals surface area contributed by atoms with Crippen LogP contribution in [-0.2, 0) is 34.1 Å². The highest BCUT2D eigenvalue weighted by molar-refractivity contribution is 5.91. The van der Waals surface area contributed by atoms with E-state index < -0.39 is 47.5 Å². The highest BCUT2D eigenvalue weighted by Gasteiger charge is 2.27. The van der Waals surface area contributed by atoms with Crippen molar-refractivity contribution in [3.8, 4) is 5.75 Å². The van der Waals surface area contributed by atoms with Crippen LogP contribution in [-0.4, -0.2) is 75.9 Å². The number of likely N-dealkylation sites (N-methyl/N-ethyl adjacent to an activating group) is 1. The van der Waals surface area contributed by atoms with E-state index in [4.69, 9.17) is 19.4 Å². The third-order valence-electron chi connectivity index (χ3n) is 6.10. The van der Waals surface area contributed by atoms with Crippen molar-refractivity contribution >= 4 is 37.0 Å². The van der Waals surface area contributed by atoms with Gasteiger partial charge in [0.15, 0.2) is 23.2 Å². The molecule has 0 aliphatic rings. The molecule has 0 fully saturated rings. The van der Waals surface area contributed by atoms with Crippen molar-refractivity contribution in [1.82, 2.24) is 10.6 Å². The molecule has 2 rings (SSSR count). The van der Waals surface area contributed by atoms with Crippen LogP contribution >= 0.6 is 0 Å². The molecule has 2 aromatic rings. The van der Waals surface area contributed by atoms with Crippen LogP contribution in [0.4, 0.5) is 23.2 Å². The fraction of sp³-hybridized carbons (Fsp3) is 0.500. The van der Waals surface area contributed by atoms with Crippen LogP contribution in [0.2, 0.25) is 0 Å². The molecule has 1 atom stereocenters. The third kappa shape index (κ3) is 19.9. The number of benzene rings is 2. The molecule has 4 N–H and O–H groups in total. The smallest absolute Gasteiger partial charge is 0.290 e. The van der Waals surface area contributed by atoms with E-state index in [1.165, 1.54) is 0 Å². The van der Waals surface area contributed by atoms with Crippen molar-refractivity contribution < 1.29 is 56.1 Å². The lowest BCUT2D eigenvalue weighted by Crippen LogP contribution is -2.41. The van der Waals surface area contributed by atoms with Crippen LogP contribution in [0.1, 0.15) is 66.4 Å². The third-order valence-corrected chi connectivity index (χ3v) is 6.10. The number of para-hydroxylation sites is 1. The van der Waals surface area contributed by atoms with Crippen molar-refractivity contribution in [1.29, 1.82) is 0 Å². The summed E-state index contributed by atoms with van der Waals surface area (Å²) < 4.78 is 62.9. The largest absolute Gasteiger partial charge is 0.483 e. The predicted molar refractivity (Wildman–Crippen MR) is 177 cm³/mol. The van der Waals surface area contributed by atoms with Crippen LogP contribution in [0.3, 0.4) is 0 Å². The molecule has 0 aliphatic heterocycles.